The minimum absolute atomic E-state index is 0.112. The second-order valence-electron chi connectivity index (χ2n) is 9.71. The Hall–Kier alpha value is -3.34. The van der Waals surface area contributed by atoms with Gasteiger partial charge in [-0.15, -0.1) is 5.10 Å². The van der Waals surface area contributed by atoms with Crippen LogP contribution in [0.4, 0.5) is 0 Å². The second kappa shape index (κ2) is 9.49. The molecular weight excluding hydrogens is 420 g/mol. The lowest BCUT2D eigenvalue weighted by molar-refractivity contribution is -0.127. The highest BCUT2D eigenvalue weighted by molar-refractivity contribution is 5.88. The Balaban J connectivity index is 1.88. The van der Waals surface area contributed by atoms with Crippen LogP contribution in [-0.2, 0) is 24.2 Å². The molecule has 4 rings (SSSR count). The molecule has 2 aromatic heterocycles. The first-order chi connectivity index (χ1) is 16.3. The lowest BCUT2D eigenvalue weighted by atomic mass is 9.66. The van der Waals surface area contributed by atoms with Crippen molar-refractivity contribution in [3.63, 3.8) is 0 Å². The first-order valence-corrected chi connectivity index (χ1v) is 12.1. The Kier molecular flexibility index (Phi) is 6.65. The van der Waals surface area contributed by atoms with Gasteiger partial charge in [-0.3, -0.25) is 9.78 Å². The van der Waals surface area contributed by atoms with Crippen LogP contribution in [0.25, 0.3) is 11.0 Å². The summed E-state index contributed by atoms with van der Waals surface area (Å²) >= 11 is 0. The largest absolute Gasteiger partial charge is 0.299 e. The minimum Gasteiger partial charge on any atom is -0.299 e. The van der Waals surface area contributed by atoms with Crippen LogP contribution in [0.3, 0.4) is 0 Å². The summed E-state index contributed by atoms with van der Waals surface area (Å²) in [4.78, 5) is 18.0. The van der Waals surface area contributed by atoms with Crippen molar-refractivity contribution in [2.75, 3.05) is 0 Å². The van der Waals surface area contributed by atoms with E-state index in [0.717, 1.165) is 46.3 Å². The highest BCUT2D eigenvalue weighted by Crippen LogP contribution is 2.45. The fraction of sp³-hybridized carbons (Fsp3) is 0.379. The minimum atomic E-state index is -0.644. The van der Waals surface area contributed by atoms with Crippen molar-refractivity contribution >= 4 is 16.8 Å². The van der Waals surface area contributed by atoms with Gasteiger partial charge in [-0.2, -0.15) is 0 Å². The number of Topliss-reactive ketones (excluding diaryl/α,β-unsaturated/α-hetero) is 1. The molecule has 5 heteroatoms. The summed E-state index contributed by atoms with van der Waals surface area (Å²) < 4.78 is 1.92. The molecule has 0 bridgehead atoms. The Morgan fingerprint density at radius 1 is 1.09 bits per heavy atom. The number of benzene rings is 2. The van der Waals surface area contributed by atoms with Gasteiger partial charge < -0.3 is 0 Å². The van der Waals surface area contributed by atoms with Crippen molar-refractivity contribution in [1.82, 2.24) is 20.0 Å². The number of aromatic nitrogens is 4. The standard InChI is InChI=1S/C29H34N4O/c1-7-22-17-23(12-11-19(22)3)27(29(5,6)26(34)16-21-10-9-15-30-18-21)24-13-14-25-28(20(24)4)31-32-33(25)8-2/h9-15,17-18,27H,7-8,16H2,1-6H3/t27-/m0/s1. The van der Waals surface area contributed by atoms with Crippen LogP contribution in [0.5, 0.6) is 0 Å². The summed E-state index contributed by atoms with van der Waals surface area (Å²) in [6.45, 7) is 13.4. The van der Waals surface area contributed by atoms with Gasteiger partial charge in [0.2, 0.25) is 0 Å². The molecule has 0 unspecified atom stereocenters. The van der Waals surface area contributed by atoms with Crippen LogP contribution < -0.4 is 0 Å². The van der Waals surface area contributed by atoms with E-state index in [0.29, 0.717) is 6.42 Å². The Morgan fingerprint density at radius 3 is 2.56 bits per heavy atom. The molecule has 0 aliphatic rings. The number of hydrogen-bond donors (Lipinski definition) is 0. The molecule has 176 valence electrons. The predicted octanol–water partition coefficient (Wildman–Crippen LogP) is 6.00. The molecule has 0 aliphatic carbocycles. The number of rotatable bonds is 8. The first kappa shape index (κ1) is 23.8. The number of hydrogen-bond acceptors (Lipinski definition) is 4. The van der Waals surface area contributed by atoms with Gasteiger partial charge in [0.05, 0.1) is 5.52 Å². The number of aryl methyl sites for hydroxylation is 4. The first-order valence-electron chi connectivity index (χ1n) is 12.1. The zero-order valence-electron chi connectivity index (χ0n) is 21.1. The molecule has 0 N–H and O–H groups in total. The van der Waals surface area contributed by atoms with E-state index in [-0.39, 0.29) is 11.7 Å². The SMILES string of the molecule is CCc1cc([C@@H](c2ccc3c(nnn3CC)c2C)C(C)(C)C(=O)Cc2cccnc2)ccc1C. The molecule has 0 fully saturated rings. The smallest absolute Gasteiger partial charge is 0.143 e. The normalized spacial score (nSPS) is 12.8. The third-order valence-corrected chi connectivity index (χ3v) is 7.21. The average Bonchev–Trinajstić information content (AvgIpc) is 3.26. The summed E-state index contributed by atoms with van der Waals surface area (Å²) in [7, 11) is 0. The number of fused-ring (bicyclic) bond motifs is 1. The maximum absolute atomic E-state index is 13.8. The molecule has 0 saturated heterocycles. The summed E-state index contributed by atoms with van der Waals surface area (Å²) in [5.41, 5.74) is 8.20. The van der Waals surface area contributed by atoms with Crippen LogP contribution in [0, 0.1) is 19.3 Å². The highest BCUT2D eigenvalue weighted by Gasteiger charge is 2.39. The zero-order chi connectivity index (χ0) is 24.5. The molecule has 5 nitrogen and oxygen atoms in total. The Bertz CT molecular complexity index is 1320. The third kappa shape index (κ3) is 4.27. The molecule has 2 heterocycles. The summed E-state index contributed by atoms with van der Waals surface area (Å²) in [5, 5.41) is 8.82. The molecular formula is C29H34N4O. The van der Waals surface area contributed by atoms with Crippen molar-refractivity contribution in [2.24, 2.45) is 5.41 Å². The summed E-state index contributed by atoms with van der Waals surface area (Å²) in [5.74, 6) is 0.0829. The van der Waals surface area contributed by atoms with Crippen LogP contribution in [0.15, 0.2) is 54.9 Å². The van der Waals surface area contributed by atoms with Gasteiger partial charge in [-0.1, -0.05) is 56.3 Å². The van der Waals surface area contributed by atoms with Crippen LogP contribution >= 0.6 is 0 Å². The molecule has 0 spiro atoms. The molecule has 34 heavy (non-hydrogen) atoms. The Labute approximate surface area is 202 Å². The van der Waals surface area contributed by atoms with Crippen LogP contribution in [0.2, 0.25) is 0 Å². The van der Waals surface area contributed by atoms with E-state index in [1.165, 1.54) is 11.1 Å². The van der Waals surface area contributed by atoms with E-state index >= 15 is 0 Å². The molecule has 2 aromatic carbocycles. The fourth-order valence-corrected chi connectivity index (χ4v) is 5.04. The second-order valence-corrected chi connectivity index (χ2v) is 9.71. The number of pyridine rings is 1. The number of nitrogens with zero attached hydrogens (tertiary/aromatic N) is 4. The van der Waals surface area contributed by atoms with E-state index in [1.54, 1.807) is 12.4 Å². The average molecular weight is 455 g/mol. The van der Waals surface area contributed by atoms with Crippen LogP contribution in [0.1, 0.15) is 67.0 Å². The van der Waals surface area contributed by atoms with Crippen LogP contribution in [-0.4, -0.2) is 25.8 Å². The lowest BCUT2D eigenvalue weighted by Crippen LogP contribution is -2.34. The molecule has 0 amide bonds. The van der Waals surface area contributed by atoms with E-state index in [2.05, 4.69) is 87.2 Å². The number of carbonyl (C=O) groups is 1. The van der Waals surface area contributed by atoms with Crippen molar-refractivity contribution < 1.29 is 4.79 Å². The van der Waals surface area contributed by atoms with Crippen molar-refractivity contribution in [1.29, 1.82) is 0 Å². The highest BCUT2D eigenvalue weighted by atomic mass is 16.1. The summed E-state index contributed by atoms with van der Waals surface area (Å²) in [6, 6.07) is 14.8. The predicted molar refractivity (Wildman–Crippen MR) is 137 cm³/mol. The third-order valence-electron chi connectivity index (χ3n) is 7.21. The molecule has 0 radical (unpaired) electrons. The van der Waals surface area contributed by atoms with Crippen molar-refractivity contribution in [3.8, 4) is 0 Å². The van der Waals surface area contributed by atoms with E-state index < -0.39 is 5.41 Å². The van der Waals surface area contributed by atoms with E-state index in [4.69, 9.17) is 0 Å². The van der Waals surface area contributed by atoms with Gasteiger partial charge in [0.25, 0.3) is 0 Å². The fourth-order valence-electron chi connectivity index (χ4n) is 5.04. The molecule has 1 atom stereocenters. The van der Waals surface area contributed by atoms with E-state index in [9.17, 15) is 4.79 Å². The van der Waals surface area contributed by atoms with Crippen molar-refractivity contribution in [3.05, 3.63) is 88.2 Å². The monoisotopic (exact) mass is 454 g/mol. The maximum atomic E-state index is 13.8. The zero-order valence-corrected chi connectivity index (χ0v) is 21.1. The van der Waals surface area contributed by atoms with Gasteiger partial charge in [-0.25, -0.2) is 4.68 Å². The van der Waals surface area contributed by atoms with Gasteiger partial charge >= 0.3 is 0 Å². The Morgan fingerprint density at radius 2 is 1.88 bits per heavy atom. The lowest BCUT2D eigenvalue weighted by Gasteiger charge is -2.35. The van der Waals surface area contributed by atoms with Crippen molar-refractivity contribution in [2.45, 2.75) is 66.8 Å². The van der Waals surface area contributed by atoms with Gasteiger partial charge in [0, 0.05) is 36.7 Å². The maximum Gasteiger partial charge on any atom is 0.143 e. The number of ketones is 1. The quantitative estimate of drug-likeness (QED) is 0.328. The molecule has 0 aliphatic heterocycles. The topological polar surface area (TPSA) is 60.7 Å². The van der Waals surface area contributed by atoms with Gasteiger partial charge in [0.15, 0.2) is 0 Å². The van der Waals surface area contributed by atoms with E-state index in [1.807, 2.05) is 16.8 Å². The number of carbonyl (C=O) groups excluding carboxylic acids is 1. The molecule has 4 aromatic rings. The molecule has 0 saturated carbocycles. The van der Waals surface area contributed by atoms with Gasteiger partial charge in [-0.05, 0) is 72.7 Å². The van der Waals surface area contributed by atoms with Gasteiger partial charge in [0.1, 0.15) is 11.3 Å². The summed E-state index contributed by atoms with van der Waals surface area (Å²) in [6.07, 6.45) is 4.84.